The zero-order valence-electron chi connectivity index (χ0n) is 10.8. The summed E-state index contributed by atoms with van der Waals surface area (Å²) in [4.78, 5) is 0. The number of aryl methyl sites for hydroxylation is 1. The third-order valence-electron chi connectivity index (χ3n) is 2.87. The molecule has 1 N–H and O–H groups in total. The van der Waals surface area contributed by atoms with Crippen molar-refractivity contribution >= 4 is 17.3 Å². The van der Waals surface area contributed by atoms with Crippen molar-refractivity contribution in [2.75, 3.05) is 12.4 Å². The monoisotopic (exact) mass is 279 g/mol. The number of methoxy groups -OCH3 is 1. The number of nitrogens with one attached hydrogen (secondary N) is 1. The Labute approximate surface area is 117 Å². The van der Waals surface area contributed by atoms with Crippen LogP contribution in [0.15, 0.2) is 36.4 Å². The second-order valence-corrected chi connectivity index (χ2v) is 4.69. The van der Waals surface area contributed by atoms with Crippen molar-refractivity contribution in [1.82, 2.24) is 0 Å². The number of benzene rings is 2. The van der Waals surface area contributed by atoms with Gasteiger partial charge in [0.1, 0.15) is 11.6 Å². The fourth-order valence-electron chi connectivity index (χ4n) is 1.88. The van der Waals surface area contributed by atoms with Gasteiger partial charge >= 0.3 is 0 Å². The minimum Gasteiger partial charge on any atom is -0.496 e. The highest BCUT2D eigenvalue weighted by Crippen LogP contribution is 2.24. The Hall–Kier alpha value is -1.74. The molecule has 2 nitrogen and oxygen atoms in total. The first-order valence-corrected chi connectivity index (χ1v) is 6.30. The van der Waals surface area contributed by atoms with Crippen LogP contribution in [0.1, 0.15) is 11.1 Å². The summed E-state index contributed by atoms with van der Waals surface area (Å²) >= 11 is 5.95. The lowest BCUT2D eigenvalue weighted by atomic mass is 10.1. The smallest absolute Gasteiger partial charge is 0.124 e. The number of rotatable bonds is 4. The van der Waals surface area contributed by atoms with E-state index in [4.69, 9.17) is 16.3 Å². The van der Waals surface area contributed by atoms with E-state index < -0.39 is 0 Å². The van der Waals surface area contributed by atoms with Crippen LogP contribution in [-0.4, -0.2) is 7.11 Å². The Morgan fingerprint density at radius 3 is 2.63 bits per heavy atom. The molecule has 2 aromatic rings. The summed E-state index contributed by atoms with van der Waals surface area (Å²) in [6.07, 6.45) is 0. The molecular formula is C15H15ClFNO. The first-order chi connectivity index (χ1) is 9.10. The molecule has 0 heterocycles. The van der Waals surface area contributed by atoms with E-state index in [9.17, 15) is 4.39 Å². The van der Waals surface area contributed by atoms with Crippen LogP contribution in [0.3, 0.4) is 0 Å². The van der Waals surface area contributed by atoms with Gasteiger partial charge in [0.25, 0.3) is 0 Å². The molecule has 0 aliphatic carbocycles. The molecular weight excluding hydrogens is 265 g/mol. The van der Waals surface area contributed by atoms with Gasteiger partial charge in [-0.2, -0.15) is 0 Å². The largest absolute Gasteiger partial charge is 0.496 e. The van der Waals surface area contributed by atoms with Crippen LogP contribution in [0.4, 0.5) is 10.1 Å². The van der Waals surface area contributed by atoms with Gasteiger partial charge in [-0.1, -0.05) is 23.7 Å². The Morgan fingerprint density at radius 2 is 2.00 bits per heavy atom. The molecule has 0 fully saturated rings. The van der Waals surface area contributed by atoms with E-state index in [1.165, 1.54) is 12.1 Å². The quantitative estimate of drug-likeness (QED) is 0.895. The number of ether oxygens (including phenoxy) is 1. The number of halogens is 2. The minimum atomic E-state index is -0.337. The summed E-state index contributed by atoms with van der Waals surface area (Å²) in [6.45, 7) is 2.61. The van der Waals surface area contributed by atoms with Gasteiger partial charge in [-0.25, -0.2) is 4.39 Å². The summed E-state index contributed by atoms with van der Waals surface area (Å²) in [5.41, 5.74) is 2.90. The molecule has 0 atom stereocenters. The van der Waals surface area contributed by atoms with Crippen molar-refractivity contribution < 1.29 is 9.13 Å². The van der Waals surface area contributed by atoms with E-state index in [2.05, 4.69) is 5.32 Å². The standard InChI is InChI=1S/C15H15ClFNO/c1-10-7-11(3-6-15(10)19-2)9-18-14-5-4-12(17)8-13(14)16/h3-8,18H,9H2,1-2H3. The van der Waals surface area contributed by atoms with Gasteiger partial charge in [-0.05, 0) is 42.3 Å². The fraction of sp³-hybridized carbons (Fsp3) is 0.200. The Bertz CT molecular complexity index is 586. The van der Waals surface area contributed by atoms with Crippen LogP contribution < -0.4 is 10.1 Å². The van der Waals surface area contributed by atoms with Crippen LogP contribution in [0.25, 0.3) is 0 Å². The van der Waals surface area contributed by atoms with Crippen molar-refractivity contribution in [2.45, 2.75) is 13.5 Å². The SMILES string of the molecule is COc1ccc(CNc2ccc(F)cc2Cl)cc1C. The molecule has 0 bridgehead atoms. The molecule has 0 aliphatic heterocycles. The summed E-state index contributed by atoms with van der Waals surface area (Å²) in [6, 6.07) is 10.3. The van der Waals surface area contributed by atoms with Gasteiger partial charge in [0.15, 0.2) is 0 Å². The summed E-state index contributed by atoms with van der Waals surface area (Å²) < 4.78 is 18.1. The maximum absolute atomic E-state index is 12.9. The van der Waals surface area contributed by atoms with Crippen molar-refractivity contribution in [2.24, 2.45) is 0 Å². The van der Waals surface area contributed by atoms with Gasteiger partial charge in [0, 0.05) is 6.54 Å². The molecule has 0 amide bonds. The third kappa shape index (κ3) is 3.38. The maximum Gasteiger partial charge on any atom is 0.124 e. The predicted molar refractivity (Wildman–Crippen MR) is 76.5 cm³/mol. The van der Waals surface area contributed by atoms with Gasteiger partial charge in [-0.3, -0.25) is 0 Å². The zero-order chi connectivity index (χ0) is 13.8. The van der Waals surface area contributed by atoms with Crippen LogP contribution in [0.5, 0.6) is 5.75 Å². The lowest BCUT2D eigenvalue weighted by Crippen LogP contribution is -2.01. The second kappa shape index (κ2) is 5.93. The van der Waals surface area contributed by atoms with Gasteiger partial charge < -0.3 is 10.1 Å². The first-order valence-electron chi connectivity index (χ1n) is 5.92. The molecule has 0 aromatic heterocycles. The molecule has 0 saturated heterocycles. The highest BCUT2D eigenvalue weighted by Gasteiger charge is 2.03. The number of hydrogen-bond donors (Lipinski definition) is 1. The first kappa shape index (κ1) is 13.7. The molecule has 0 unspecified atom stereocenters. The summed E-state index contributed by atoms with van der Waals surface area (Å²) in [5.74, 6) is 0.527. The summed E-state index contributed by atoms with van der Waals surface area (Å²) in [7, 11) is 1.65. The van der Waals surface area contributed by atoms with E-state index in [0.29, 0.717) is 11.6 Å². The summed E-state index contributed by atoms with van der Waals surface area (Å²) in [5, 5.41) is 3.56. The Balaban J connectivity index is 2.08. The average molecular weight is 280 g/mol. The van der Waals surface area contributed by atoms with E-state index in [1.54, 1.807) is 13.2 Å². The van der Waals surface area contributed by atoms with Crippen molar-refractivity contribution in [3.05, 3.63) is 58.4 Å². The van der Waals surface area contributed by atoms with E-state index in [-0.39, 0.29) is 5.82 Å². The normalized spacial score (nSPS) is 10.3. The molecule has 0 aliphatic rings. The lowest BCUT2D eigenvalue weighted by Gasteiger charge is -2.10. The number of anilines is 1. The van der Waals surface area contributed by atoms with Crippen molar-refractivity contribution in [3.63, 3.8) is 0 Å². The van der Waals surface area contributed by atoms with Crippen molar-refractivity contribution in [3.8, 4) is 5.75 Å². The van der Waals surface area contributed by atoms with E-state index >= 15 is 0 Å². The van der Waals surface area contributed by atoms with Crippen LogP contribution in [0, 0.1) is 12.7 Å². The predicted octanol–water partition coefficient (Wildman–Crippen LogP) is 4.41. The molecule has 2 aromatic carbocycles. The lowest BCUT2D eigenvalue weighted by molar-refractivity contribution is 0.411. The topological polar surface area (TPSA) is 21.3 Å². The van der Waals surface area contributed by atoms with Crippen LogP contribution >= 0.6 is 11.6 Å². The van der Waals surface area contributed by atoms with Gasteiger partial charge in [0.2, 0.25) is 0 Å². The Kier molecular flexibility index (Phi) is 4.27. The Morgan fingerprint density at radius 1 is 1.21 bits per heavy atom. The molecule has 19 heavy (non-hydrogen) atoms. The third-order valence-corrected chi connectivity index (χ3v) is 3.19. The second-order valence-electron chi connectivity index (χ2n) is 4.28. The van der Waals surface area contributed by atoms with Crippen LogP contribution in [-0.2, 0) is 6.54 Å². The molecule has 0 radical (unpaired) electrons. The molecule has 0 spiro atoms. The molecule has 100 valence electrons. The van der Waals surface area contributed by atoms with Gasteiger partial charge in [0.05, 0.1) is 17.8 Å². The molecule has 2 rings (SSSR count). The van der Waals surface area contributed by atoms with Crippen LogP contribution in [0.2, 0.25) is 5.02 Å². The zero-order valence-corrected chi connectivity index (χ0v) is 11.6. The van der Waals surface area contributed by atoms with Crippen molar-refractivity contribution in [1.29, 1.82) is 0 Å². The highest BCUT2D eigenvalue weighted by atomic mass is 35.5. The fourth-order valence-corrected chi connectivity index (χ4v) is 2.11. The molecule has 0 saturated carbocycles. The highest BCUT2D eigenvalue weighted by molar-refractivity contribution is 6.33. The van der Waals surface area contributed by atoms with E-state index in [1.807, 2.05) is 25.1 Å². The minimum absolute atomic E-state index is 0.337. The van der Waals surface area contributed by atoms with Gasteiger partial charge in [-0.15, -0.1) is 0 Å². The number of hydrogen-bond acceptors (Lipinski definition) is 2. The van der Waals surface area contributed by atoms with E-state index in [0.717, 1.165) is 22.6 Å². The maximum atomic E-state index is 12.9. The molecule has 4 heteroatoms. The average Bonchev–Trinajstić information content (AvgIpc) is 2.38.